The summed E-state index contributed by atoms with van der Waals surface area (Å²) in [5.41, 5.74) is -0.857. The van der Waals surface area contributed by atoms with Gasteiger partial charge in [-0.2, -0.15) is 13.2 Å². The molecule has 1 aromatic heterocycles. The van der Waals surface area contributed by atoms with Gasteiger partial charge in [-0.3, -0.25) is 4.79 Å². The Kier molecular flexibility index (Phi) is 6.65. The maximum atomic E-state index is 13.0. The average molecular weight is 390 g/mol. The van der Waals surface area contributed by atoms with E-state index in [9.17, 15) is 18.0 Å². The molecule has 1 aromatic carbocycles. The molecule has 0 fully saturated rings. The number of thioether (sulfide) groups is 1. The van der Waals surface area contributed by atoms with Crippen LogP contribution < -0.4 is 10.6 Å². The zero-order valence-electron chi connectivity index (χ0n) is 13.6. The van der Waals surface area contributed by atoms with Gasteiger partial charge in [0.2, 0.25) is 11.0 Å². The van der Waals surface area contributed by atoms with Gasteiger partial charge in [-0.05, 0) is 18.1 Å². The Labute approximate surface area is 151 Å². The molecule has 25 heavy (non-hydrogen) atoms. The predicted molar refractivity (Wildman–Crippen MR) is 93.2 cm³/mol. The Balaban J connectivity index is 1.95. The molecular formula is C15H17F3N4OS2. The smallest absolute Gasteiger partial charge is 0.355 e. The van der Waals surface area contributed by atoms with Crippen molar-refractivity contribution in [3.8, 4) is 0 Å². The van der Waals surface area contributed by atoms with Crippen LogP contribution in [-0.4, -0.2) is 28.4 Å². The van der Waals surface area contributed by atoms with Crippen molar-refractivity contribution < 1.29 is 18.0 Å². The Hall–Kier alpha value is -1.81. The third-order valence-electron chi connectivity index (χ3n) is 2.91. The minimum atomic E-state index is -4.46. The van der Waals surface area contributed by atoms with Crippen molar-refractivity contribution in [2.45, 2.75) is 24.4 Å². The van der Waals surface area contributed by atoms with Crippen molar-refractivity contribution in [3.05, 3.63) is 29.8 Å². The van der Waals surface area contributed by atoms with E-state index in [0.29, 0.717) is 16.8 Å². The fraction of sp³-hybridized carbons (Fsp3) is 0.400. The maximum absolute atomic E-state index is 13.0. The quantitative estimate of drug-likeness (QED) is 0.695. The molecule has 10 heteroatoms. The van der Waals surface area contributed by atoms with E-state index in [4.69, 9.17) is 0 Å². The Bertz CT molecular complexity index is 719. The second-order valence-electron chi connectivity index (χ2n) is 5.53. The minimum absolute atomic E-state index is 0.0858. The number of halogens is 3. The van der Waals surface area contributed by atoms with Gasteiger partial charge in [-0.15, -0.1) is 10.2 Å². The third-order valence-corrected chi connectivity index (χ3v) is 4.89. The van der Waals surface area contributed by atoms with Crippen LogP contribution in [0.3, 0.4) is 0 Å². The predicted octanol–water partition coefficient (Wildman–Crippen LogP) is 4.16. The van der Waals surface area contributed by atoms with Gasteiger partial charge in [0.05, 0.1) is 17.0 Å². The normalized spacial score (nSPS) is 11.6. The van der Waals surface area contributed by atoms with Crippen LogP contribution in [0.25, 0.3) is 0 Å². The first-order valence-corrected chi connectivity index (χ1v) is 9.22. The third kappa shape index (κ3) is 6.20. The lowest BCUT2D eigenvalue weighted by Crippen LogP contribution is -2.28. The van der Waals surface area contributed by atoms with Gasteiger partial charge in [0.25, 0.3) is 0 Å². The highest BCUT2D eigenvalue weighted by Crippen LogP contribution is 2.36. The molecule has 0 saturated heterocycles. The van der Waals surface area contributed by atoms with E-state index >= 15 is 0 Å². The van der Waals surface area contributed by atoms with Gasteiger partial charge in [0, 0.05) is 6.54 Å². The van der Waals surface area contributed by atoms with E-state index in [2.05, 4.69) is 20.8 Å². The molecule has 0 aliphatic heterocycles. The first-order chi connectivity index (χ1) is 11.8. The van der Waals surface area contributed by atoms with Crippen LogP contribution in [0.15, 0.2) is 28.6 Å². The molecule has 0 bridgehead atoms. The van der Waals surface area contributed by atoms with Gasteiger partial charge >= 0.3 is 6.18 Å². The molecule has 0 unspecified atom stereocenters. The summed E-state index contributed by atoms with van der Waals surface area (Å²) >= 11 is 2.29. The van der Waals surface area contributed by atoms with E-state index in [1.54, 1.807) is 0 Å². The number of aromatic nitrogens is 2. The van der Waals surface area contributed by atoms with Crippen LogP contribution in [0.1, 0.15) is 19.4 Å². The molecule has 2 rings (SSSR count). The van der Waals surface area contributed by atoms with Crippen molar-refractivity contribution in [3.63, 3.8) is 0 Å². The van der Waals surface area contributed by atoms with Crippen LogP contribution in [-0.2, 0) is 11.0 Å². The van der Waals surface area contributed by atoms with Crippen molar-refractivity contribution in [1.82, 2.24) is 15.5 Å². The van der Waals surface area contributed by atoms with E-state index in [-0.39, 0.29) is 22.5 Å². The van der Waals surface area contributed by atoms with E-state index in [0.717, 1.165) is 17.4 Å². The standard InChI is InChI=1S/C15H17F3N4OS2/c1-9(2)7-19-12(23)8-24-14-22-21-13(25-14)20-11-6-4-3-5-10(11)15(16,17)18/h3-6,9H,7-8H2,1-2H3,(H,19,23)(H,20,21). The zero-order chi connectivity index (χ0) is 18.4. The van der Waals surface area contributed by atoms with Crippen molar-refractivity contribution in [2.24, 2.45) is 5.92 Å². The number of para-hydroxylation sites is 1. The number of nitrogens with zero attached hydrogens (tertiary/aromatic N) is 2. The van der Waals surface area contributed by atoms with Crippen LogP contribution in [0.2, 0.25) is 0 Å². The molecule has 2 aromatic rings. The molecule has 0 aliphatic carbocycles. The lowest BCUT2D eigenvalue weighted by atomic mass is 10.2. The summed E-state index contributed by atoms with van der Waals surface area (Å²) in [6.45, 7) is 4.58. The molecule has 1 heterocycles. The molecule has 5 nitrogen and oxygen atoms in total. The van der Waals surface area contributed by atoms with Gasteiger partial charge in [0.15, 0.2) is 4.34 Å². The Morgan fingerprint density at radius 3 is 2.68 bits per heavy atom. The van der Waals surface area contributed by atoms with Crippen LogP contribution >= 0.6 is 23.1 Å². The summed E-state index contributed by atoms with van der Waals surface area (Å²) in [6.07, 6.45) is -4.46. The number of carbonyl (C=O) groups excluding carboxylic acids is 1. The molecule has 0 radical (unpaired) electrons. The number of amides is 1. The first kappa shape index (κ1) is 19.5. The zero-order valence-corrected chi connectivity index (χ0v) is 15.2. The number of anilines is 2. The largest absolute Gasteiger partial charge is 0.418 e. The molecular weight excluding hydrogens is 373 g/mol. The number of benzene rings is 1. The summed E-state index contributed by atoms with van der Waals surface area (Å²) in [7, 11) is 0. The monoisotopic (exact) mass is 390 g/mol. The molecule has 0 saturated carbocycles. The van der Waals surface area contributed by atoms with E-state index < -0.39 is 11.7 Å². The first-order valence-electron chi connectivity index (χ1n) is 7.42. The highest BCUT2D eigenvalue weighted by Gasteiger charge is 2.33. The number of nitrogens with one attached hydrogen (secondary N) is 2. The molecule has 136 valence electrons. The number of rotatable bonds is 7. The average Bonchev–Trinajstić information content (AvgIpc) is 2.98. The summed E-state index contributed by atoms with van der Waals surface area (Å²) in [5.74, 6) is 0.423. The highest BCUT2D eigenvalue weighted by molar-refractivity contribution is 8.01. The number of carbonyl (C=O) groups is 1. The second kappa shape index (κ2) is 8.52. The highest BCUT2D eigenvalue weighted by atomic mass is 32.2. The van der Waals surface area contributed by atoms with Crippen LogP contribution in [0.5, 0.6) is 0 Å². The molecule has 2 N–H and O–H groups in total. The van der Waals surface area contributed by atoms with Gasteiger partial charge in [-0.1, -0.05) is 49.1 Å². The number of hydrogen-bond acceptors (Lipinski definition) is 6. The van der Waals surface area contributed by atoms with Gasteiger partial charge in [-0.25, -0.2) is 0 Å². The van der Waals surface area contributed by atoms with Crippen LogP contribution in [0, 0.1) is 5.92 Å². The van der Waals surface area contributed by atoms with Crippen LogP contribution in [0.4, 0.5) is 24.0 Å². The lowest BCUT2D eigenvalue weighted by Gasteiger charge is -2.12. The fourth-order valence-corrected chi connectivity index (χ4v) is 3.36. The lowest BCUT2D eigenvalue weighted by molar-refractivity contribution is -0.137. The van der Waals surface area contributed by atoms with E-state index in [1.165, 1.54) is 30.0 Å². The van der Waals surface area contributed by atoms with Gasteiger partial charge in [0.1, 0.15) is 0 Å². The van der Waals surface area contributed by atoms with Crippen molar-refractivity contribution >= 4 is 39.8 Å². The maximum Gasteiger partial charge on any atom is 0.418 e. The number of hydrogen-bond donors (Lipinski definition) is 2. The summed E-state index contributed by atoms with van der Waals surface area (Å²) < 4.78 is 39.4. The minimum Gasteiger partial charge on any atom is -0.355 e. The second-order valence-corrected chi connectivity index (χ2v) is 7.73. The molecule has 0 atom stereocenters. The number of alkyl halides is 3. The molecule has 1 amide bonds. The van der Waals surface area contributed by atoms with Crippen molar-refractivity contribution in [1.29, 1.82) is 0 Å². The Morgan fingerprint density at radius 1 is 1.28 bits per heavy atom. The van der Waals surface area contributed by atoms with E-state index in [1.807, 2.05) is 13.8 Å². The van der Waals surface area contributed by atoms with Crippen molar-refractivity contribution in [2.75, 3.05) is 17.6 Å². The molecule has 0 aliphatic rings. The summed E-state index contributed by atoms with van der Waals surface area (Å²) in [4.78, 5) is 11.7. The molecule has 0 spiro atoms. The van der Waals surface area contributed by atoms with Gasteiger partial charge < -0.3 is 10.6 Å². The summed E-state index contributed by atoms with van der Waals surface area (Å²) in [6, 6.07) is 5.16. The fourth-order valence-electron chi connectivity index (χ4n) is 1.77. The topological polar surface area (TPSA) is 66.9 Å². The SMILES string of the molecule is CC(C)CNC(=O)CSc1nnc(Nc2ccccc2C(F)(F)F)s1. The Morgan fingerprint density at radius 2 is 2.00 bits per heavy atom. The summed E-state index contributed by atoms with van der Waals surface area (Å²) in [5, 5.41) is 13.4.